The van der Waals surface area contributed by atoms with E-state index in [1.54, 1.807) is 17.1 Å². The minimum Gasteiger partial charge on any atom is -0.491 e. The zero-order chi connectivity index (χ0) is 27.8. The van der Waals surface area contributed by atoms with Gasteiger partial charge in [-0.1, -0.05) is 0 Å². The van der Waals surface area contributed by atoms with Crippen LogP contribution in [-0.4, -0.2) is 94.2 Å². The fourth-order valence-corrected chi connectivity index (χ4v) is 5.47. The highest BCUT2D eigenvalue weighted by Gasteiger charge is 2.22. The van der Waals surface area contributed by atoms with E-state index in [2.05, 4.69) is 30.2 Å². The predicted molar refractivity (Wildman–Crippen MR) is 152 cm³/mol. The van der Waals surface area contributed by atoms with E-state index in [4.69, 9.17) is 19.6 Å². The summed E-state index contributed by atoms with van der Waals surface area (Å²) in [6.07, 6.45) is 3.39. The average Bonchev–Trinajstić information content (AvgIpc) is 3.76. The number of hydrogen-bond acceptors (Lipinski definition) is 10. The number of hydrogen-bond donors (Lipinski definition) is 2. The molecule has 0 aliphatic carbocycles. The Balaban J connectivity index is 0.962. The largest absolute Gasteiger partial charge is 0.491 e. The van der Waals surface area contributed by atoms with Crippen LogP contribution in [0.4, 0.5) is 16.0 Å². The maximum Gasteiger partial charge on any atom is 0.223 e. The fourth-order valence-electron chi connectivity index (χ4n) is 5.47. The van der Waals surface area contributed by atoms with Crippen LogP contribution in [0.2, 0.25) is 0 Å². The second-order valence-electron chi connectivity index (χ2n) is 10.3. The highest BCUT2D eigenvalue weighted by Crippen LogP contribution is 2.27. The quantitative estimate of drug-likeness (QED) is 0.292. The van der Waals surface area contributed by atoms with Crippen LogP contribution in [0.1, 0.15) is 0 Å². The molecule has 4 aromatic heterocycles. The van der Waals surface area contributed by atoms with E-state index in [1.165, 1.54) is 6.07 Å². The van der Waals surface area contributed by atoms with Gasteiger partial charge in [0.15, 0.2) is 11.4 Å². The molecule has 12 nitrogen and oxygen atoms in total. The minimum absolute atomic E-state index is 0.0137. The molecule has 214 valence electrons. The Bertz CT molecular complexity index is 1640. The van der Waals surface area contributed by atoms with Gasteiger partial charge in [-0.25, -0.2) is 9.37 Å². The summed E-state index contributed by atoms with van der Waals surface area (Å²) in [5, 5.41) is 7.81. The SMILES string of the molecule is Nc1nc2c(ncn2CCN2CCN(c3ccc(OCC4CNCCO4)cc3F)CC2)c2cc(-c3ccco3)nn12. The second kappa shape index (κ2) is 11.0. The molecule has 0 spiro atoms. The molecule has 5 aromatic rings. The summed E-state index contributed by atoms with van der Waals surface area (Å²) in [6, 6.07) is 10.7. The fraction of sp³-hybridized carbons (Fsp3) is 0.393. The summed E-state index contributed by atoms with van der Waals surface area (Å²) in [6.45, 7) is 7.31. The molecule has 0 radical (unpaired) electrons. The van der Waals surface area contributed by atoms with E-state index in [0.29, 0.717) is 48.6 Å². The van der Waals surface area contributed by atoms with Crippen molar-refractivity contribution >= 4 is 28.3 Å². The van der Waals surface area contributed by atoms with Crippen molar-refractivity contribution in [2.45, 2.75) is 12.6 Å². The monoisotopic (exact) mass is 561 g/mol. The van der Waals surface area contributed by atoms with Gasteiger partial charge in [-0.3, -0.25) is 4.90 Å². The zero-order valence-corrected chi connectivity index (χ0v) is 22.6. The molecule has 41 heavy (non-hydrogen) atoms. The highest BCUT2D eigenvalue weighted by atomic mass is 19.1. The van der Waals surface area contributed by atoms with Crippen molar-refractivity contribution in [3.63, 3.8) is 0 Å². The van der Waals surface area contributed by atoms with Crippen LogP contribution in [0.3, 0.4) is 0 Å². The lowest BCUT2D eigenvalue weighted by Gasteiger charge is -2.36. The number of imidazole rings is 1. The number of nitrogen functional groups attached to an aromatic ring is 1. The van der Waals surface area contributed by atoms with Crippen LogP contribution < -0.4 is 20.7 Å². The third-order valence-corrected chi connectivity index (χ3v) is 7.70. The zero-order valence-electron chi connectivity index (χ0n) is 22.6. The van der Waals surface area contributed by atoms with Crippen LogP contribution in [0.5, 0.6) is 5.75 Å². The molecule has 7 rings (SSSR count). The Labute approximate surface area is 235 Å². The van der Waals surface area contributed by atoms with Gasteiger partial charge in [-0.2, -0.15) is 14.6 Å². The lowest BCUT2D eigenvalue weighted by Crippen LogP contribution is -2.47. The van der Waals surface area contributed by atoms with Crippen molar-refractivity contribution in [3.05, 3.63) is 54.8 Å². The molecule has 1 unspecified atom stereocenters. The molecule has 2 aliphatic heterocycles. The van der Waals surface area contributed by atoms with Crippen molar-refractivity contribution in [1.29, 1.82) is 0 Å². The summed E-state index contributed by atoms with van der Waals surface area (Å²) in [4.78, 5) is 13.7. The van der Waals surface area contributed by atoms with E-state index in [0.717, 1.165) is 62.5 Å². The summed E-state index contributed by atoms with van der Waals surface area (Å²) >= 11 is 0. The Morgan fingerprint density at radius 3 is 2.80 bits per heavy atom. The molecule has 2 saturated heterocycles. The third-order valence-electron chi connectivity index (χ3n) is 7.70. The van der Waals surface area contributed by atoms with Crippen molar-refractivity contribution in [2.75, 3.05) is 69.7 Å². The summed E-state index contributed by atoms with van der Waals surface area (Å²) < 4.78 is 35.5. The molecule has 1 atom stereocenters. The topological polar surface area (TPSA) is 124 Å². The van der Waals surface area contributed by atoms with Gasteiger partial charge in [-0.05, 0) is 30.3 Å². The van der Waals surface area contributed by atoms with E-state index in [-0.39, 0.29) is 11.9 Å². The standard InChI is InChI=1S/C28H32FN9O3/c29-21-14-19(41-17-20-16-31-5-13-39-20)3-4-23(21)36-9-6-35(7-10-36)8-11-37-18-32-26-24-15-22(25-2-1-12-40-25)34-38(24)28(30)33-27(26)37/h1-4,12,14-15,18,20,31H,5-11,13,16-17H2,(H2,30,33). The van der Waals surface area contributed by atoms with E-state index < -0.39 is 0 Å². The number of fused-ring (bicyclic) bond motifs is 3. The van der Waals surface area contributed by atoms with Crippen LogP contribution in [0, 0.1) is 5.82 Å². The number of nitrogens with two attached hydrogens (primary N) is 1. The van der Waals surface area contributed by atoms with Gasteiger partial charge in [0.2, 0.25) is 5.95 Å². The Kier molecular flexibility index (Phi) is 6.90. The molecular formula is C28H32FN9O3. The van der Waals surface area contributed by atoms with Gasteiger partial charge in [0.1, 0.15) is 41.0 Å². The molecule has 1 aromatic carbocycles. The maximum atomic E-state index is 15.0. The van der Waals surface area contributed by atoms with Crippen LogP contribution in [0.25, 0.3) is 28.1 Å². The third kappa shape index (κ3) is 5.19. The first-order chi connectivity index (χ1) is 20.1. The van der Waals surface area contributed by atoms with Crippen LogP contribution in [0.15, 0.2) is 53.4 Å². The van der Waals surface area contributed by atoms with Gasteiger partial charge in [0.05, 0.1) is 24.9 Å². The first-order valence-electron chi connectivity index (χ1n) is 13.9. The smallest absolute Gasteiger partial charge is 0.223 e. The number of nitrogens with one attached hydrogen (secondary N) is 1. The van der Waals surface area contributed by atoms with Crippen molar-refractivity contribution in [1.82, 2.24) is 34.4 Å². The van der Waals surface area contributed by atoms with Crippen molar-refractivity contribution in [3.8, 4) is 17.2 Å². The molecule has 2 fully saturated rings. The lowest BCUT2D eigenvalue weighted by atomic mass is 10.2. The van der Waals surface area contributed by atoms with E-state index in [1.807, 2.05) is 34.9 Å². The van der Waals surface area contributed by atoms with Crippen molar-refractivity contribution in [2.24, 2.45) is 0 Å². The number of halogens is 1. The van der Waals surface area contributed by atoms with Crippen LogP contribution in [-0.2, 0) is 11.3 Å². The number of benzene rings is 1. The molecule has 3 N–H and O–H groups in total. The second-order valence-corrected chi connectivity index (χ2v) is 10.3. The number of aromatic nitrogens is 5. The van der Waals surface area contributed by atoms with Gasteiger partial charge >= 0.3 is 0 Å². The first kappa shape index (κ1) is 25.7. The van der Waals surface area contributed by atoms with Crippen molar-refractivity contribution < 1.29 is 18.3 Å². The van der Waals surface area contributed by atoms with Gasteiger partial charge in [0, 0.05) is 58.4 Å². The number of ether oxygens (including phenoxy) is 2. The number of piperazine rings is 1. The number of morpholine rings is 1. The Morgan fingerprint density at radius 2 is 2.02 bits per heavy atom. The molecule has 0 bridgehead atoms. The minimum atomic E-state index is -0.270. The molecule has 13 heteroatoms. The average molecular weight is 562 g/mol. The Morgan fingerprint density at radius 1 is 1.12 bits per heavy atom. The van der Waals surface area contributed by atoms with E-state index in [9.17, 15) is 4.39 Å². The lowest BCUT2D eigenvalue weighted by molar-refractivity contribution is 0.000140. The number of furan rings is 1. The number of anilines is 2. The molecular weight excluding hydrogens is 529 g/mol. The molecule has 0 saturated carbocycles. The van der Waals surface area contributed by atoms with Gasteiger partial charge in [-0.15, -0.1) is 0 Å². The molecule has 0 amide bonds. The number of rotatable bonds is 8. The predicted octanol–water partition coefficient (Wildman–Crippen LogP) is 2.25. The maximum absolute atomic E-state index is 15.0. The highest BCUT2D eigenvalue weighted by molar-refractivity contribution is 5.90. The summed E-state index contributed by atoms with van der Waals surface area (Å²) in [5.41, 5.74) is 9.77. The molecule has 2 aliphatic rings. The summed E-state index contributed by atoms with van der Waals surface area (Å²) in [5.74, 6) is 1.20. The normalized spacial score (nSPS) is 18.5. The van der Waals surface area contributed by atoms with Crippen LogP contribution >= 0.6 is 0 Å². The number of nitrogens with zero attached hydrogens (tertiary/aromatic N) is 7. The summed E-state index contributed by atoms with van der Waals surface area (Å²) in [7, 11) is 0. The van der Waals surface area contributed by atoms with Gasteiger partial charge in [0.25, 0.3) is 0 Å². The van der Waals surface area contributed by atoms with Gasteiger partial charge < -0.3 is 34.4 Å². The molecule has 6 heterocycles. The first-order valence-corrected chi connectivity index (χ1v) is 13.9. The van der Waals surface area contributed by atoms with E-state index >= 15 is 0 Å². The Hall–Kier alpha value is -4.20.